The molecule has 0 fully saturated rings. The van der Waals surface area contributed by atoms with Crippen LogP contribution in [0.25, 0.3) is 0 Å². The summed E-state index contributed by atoms with van der Waals surface area (Å²) in [6.45, 7) is 0.806. The van der Waals surface area contributed by atoms with E-state index in [0.717, 1.165) is 6.42 Å². The van der Waals surface area contributed by atoms with E-state index in [1.54, 1.807) is 12.1 Å². The third-order valence-corrected chi connectivity index (χ3v) is 4.13. The molecular weight excluding hydrogens is 323 g/mol. The van der Waals surface area contributed by atoms with Crippen molar-refractivity contribution in [3.05, 3.63) is 77.2 Å². The molecule has 1 atom stereocenters. The van der Waals surface area contributed by atoms with Crippen molar-refractivity contribution in [2.45, 2.75) is 25.6 Å². The molecule has 1 unspecified atom stereocenters. The van der Waals surface area contributed by atoms with Gasteiger partial charge in [0.2, 0.25) is 11.7 Å². The van der Waals surface area contributed by atoms with Gasteiger partial charge in [0.05, 0.1) is 19.1 Å². The summed E-state index contributed by atoms with van der Waals surface area (Å²) in [4.78, 5) is 4.34. The molecular formula is C19H17FN2O3. The third-order valence-electron chi connectivity index (χ3n) is 4.13. The van der Waals surface area contributed by atoms with Crippen LogP contribution in [-0.4, -0.2) is 16.7 Å². The first kappa shape index (κ1) is 15.8. The minimum atomic E-state index is -0.348. The number of rotatable bonds is 5. The Morgan fingerprint density at radius 3 is 3.00 bits per heavy atom. The maximum Gasteiger partial charge on any atom is 0.229 e. The normalized spacial score (nSPS) is 16.4. The Morgan fingerprint density at radius 2 is 2.08 bits per heavy atom. The average molecular weight is 340 g/mol. The summed E-state index contributed by atoms with van der Waals surface area (Å²) < 4.78 is 29.8. The van der Waals surface area contributed by atoms with E-state index in [1.807, 2.05) is 12.1 Å². The van der Waals surface area contributed by atoms with Gasteiger partial charge in [-0.05, 0) is 29.7 Å². The van der Waals surface area contributed by atoms with Crippen LogP contribution in [0, 0.1) is 5.82 Å². The number of hydrogen-bond acceptors (Lipinski definition) is 5. The second-order valence-electron chi connectivity index (χ2n) is 5.86. The van der Waals surface area contributed by atoms with Crippen LogP contribution in [0.15, 0.2) is 53.1 Å². The largest absolute Gasteiger partial charge is 0.485 e. The molecule has 0 amide bonds. The maximum absolute atomic E-state index is 13.1. The Hall–Kier alpha value is -2.73. The molecule has 5 nitrogen and oxygen atoms in total. The summed E-state index contributed by atoms with van der Waals surface area (Å²) in [5.41, 5.74) is 2.47. The molecule has 25 heavy (non-hydrogen) atoms. The van der Waals surface area contributed by atoms with Crippen LogP contribution in [0.5, 0.6) is 5.75 Å². The standard InChI is InChI=1S/C19H17FN2O3/c20-14-5-3-6-15(10-14)24-12-18-21-19(25-22-18)11-17-16-7-2-1-4-13(16)8-9-23-17/h1-7,10,17H,8-9,11-12H2. The summed E-state index contributed by atoms with van der Waals surface area (Å²) in [5, 5.41) is 3.91. The topological polar surface area (TPSA) is 57.4 Å². The highest BCUT2D eigenvalue weighted by atomic mass is 19.1. The molecule has 0 radical (unpaired) electrons. The molecule has 0 spiro atoms. The Kier molecular flexibility index (Phi) is 4.43. The van der Waals surface area contributed by atoms with Gasteiger partial charge in [0.15, 0.2) is 6.61 Å². The Bertz CT molecular complexity index is 865. The molecule has 1 aliphatic heterocycles. The molecule has 0 saturated heterocycles. The van der Waals surface area contributed by atoms with Crippen molar-refractivity contribution in [3.8, 4) is 5.75 Å². The quantitative estimate of drug-likeness (QED) is 0.710. The first-order valence-electron chi connectivity index (χ1n) is 8.17. The Morgan fingerprint density at radius 1 is 1.16 bits per heavy atom. The van der Waals surface area contributed by atoms with E-state index in [0.29, 0.717) is 30.5 Å². The van der Waals surface area contributed by atoms with Crippen LogP contribution in [0.4, 0.5) is 4.39 Å². The first-order chi connectivity index (χ1) is 12.3. The molecule has 2 aromatic carbocycles. The molecule has 0 bridgehead atoms. The van der Waals surface area contributed by atoms with Gasteiger partial charge in [0, 0.05) is 6.07 Å². The first-order valence-corrected chi connectivity index (χ1v) is 8.17. The van der Waals surface area contributed by atoms with Gasteiger partial charge < -0.3 is 14.0 Å². The summed E-state index contributed by atoms with van der Waals surface area (Å²) >= 11 is 0. The minimum Gasteiger partial charge on any atom is -0.485 e. The van der Waals surface area contributed by atoms with Crippen LogP contribution < -0.4 is 4.74 Å². The van der Waals surface area contributed by atoms with Crippen LogP contribution in [-0.2, 0) is 24.2 Å². The van der Waals surface area contributed by atoms with E-state index >= 15 is 0 Å². The summed E-state index contributed by atoms with van der Waals surface area (Å²) in [7, 11) is 0. The fraction of sp³-hybridized carbons (Fsp3) is 0.263. The summed E-state index contributed by atoms with van der Waals surface area (Å²) in [6, 6.07) is 14.2. The van der Waals surface area contributed by atoms with E-state index in [-0.39, 0.29) is 18.5 Å². The predicted octanol–water partition coefficient (Wildman–Crippen LogP) is 3.64. The zero-order valence-electron chi connectivity index (χ0n) is 13.5. The molecule has 2 heterocycles. The smallest absolute Gasteiger partial charge is 0.229 e. The maximum atomic E-state index is 13.1. The summed E-state index contributed by atoms with van der Waals surface area (Å²) in [5.74, 6) is 0.998. The summed E-state index contributed by atoms with van der Waals surface area (Å²) in [6.07, 6.45) is 1.36. The molecule has 128 valence electrons. The number of halogens is 1. The van der Waals surface area contributed by atoms with Crippen LogP contribution in [0.3, 0.4) is 0 Å². The lowest BCUT2D eigenvalue weighted by Gasteiger charge is -2.24. The molecule has 0 saturated carbocycles. The number of benzene rings is 2. The van der Waals surface area contributed by atoms with Crippen molar-refractivity contribution in [2.75, 3.05) is 6.61 Å². The van der Waals surface area contributed by atoms with E-state index in [4.69, 9.17) is 14.0 Å². The highest BCUT2D eigenvalue weighted by Crippen LogP contribution is 2.29. The fourth-order valence-electron chi connectivity index (χ4n) is 2.94. The molecule has 1 aliphatic rings. The Balaban J connectivity index is 1.40. The van der Waals surface area contributed by atoms with Gasteiger partial charge in [-0.3, -0.25) is 0 Å². The molecule has 1 aromatic heterocycles. The molecule has 6 heteroatoms. The van der Waals surface area contributed by atoms with E-state index in [9.17, 15) is 4.39 Å². The van der Waals surface area contributed by atoms with Crippen molar-refractivity contribution in [2.24, 2.45) is 0 Å². The zero-order chi connectivity index (χ0) is 17.1. The van der Waals surface area contributed by atoms with Gasteiger partial charge in [0.1, 0.15) is 11.6 Å². The lowest BCUT2D eigenvalue weighted by molar-refractivity contribution is 0.0375. The van der Waals surface area contributed by atoms with Gasteiger partial charge in [-0.15, -0.1) is 0 Å². The van der Waals surface area contributed by atoms with Crippen molar-refractivity contribution in [1.29, 1.82) is 0 Å². The lowest BCUT2D eigenvalue weighted by atomic mass is 9.96. The fourth-order valence-corrected chi connectivity index (χ4v) is 2.94. The van der Waals surface area contributed by atoms with Gasteiger partial charge >= 0.3 is 0 Å². The van der Waals surface area contributed by atoms with Crippen molar-refractivity contribution in [3.63, 3.8) is 0 Å². The number of fused-ring (bicyclic) bond motifs is 1. The number of hydrogen-bond donors (Lipinski definition) is 0. The van der Waals surface area contributed by atoms with Gasteiger partial charge in [-0.25, -0.2) is 4.39 Å². The Labute approximate surface area is 144 Å². The molecule has 0 N–H and O–H groups in total. The zero-order valence-corrected chi connectivity index (χ0v) is 13.5. The van der Waals surface area contributed by atoms with Crippen LogP contribution >= 0.6 is 0 Å². The van der Waals surface area contributed by atoms with Crippen molar-refractivity contribution < 1.29 is 18.4 Å². The SMILES string of the molecule is Fc1cccc(OCc2noc(CC3OCCc4ccccc43)n2)c1. The minimum absolute atomic E-state index is 0.0811. The second-order valence-corrected chi connectivity index (χ2v) is 5.86. The monoisotopic (exact) mass is 340 g/mol. The third kappa shape index (κ3) is 3.69. The highest BCUT2D eigenvalue weighted by Gasteiger charge is 2.23. The van der Waals surface area contributed by atoms with Crippen LogP contribution in [0.1, 0.15) is 28.9 Å². The van der Waals surface area contributed by atoms with Crippen molar-refractivity contribution in [1.82, 2.24) is 10.1 Å². The van der Waals surface area contributed by atoms with Gasteiger partial charge in [-0.1, -0.05) is 35.5 Å². The molecule has 3 aromatic rings. The molecule has 4 rings (SSSR count). The number of aromatic nitrogens is 2. The average Bonchev–Trinajstić information content (AvgIpc) is 3.08. The van der Waals surface area contributed by atoms with E-state index in [1.165, 1.54) is 23.3 Å². The van der Waals surface area contributed by atoms with Gasteiger partial charge in [0.25, 0.3) is 0 Å². The van der Waals surface area contributed by atoms with E-state index in [2.05, 4.69) is 22.3 Å². The second kappa shape index (κ2) is 7.03. The predicted molar refractivity (Wildman–Crippen MR) is 87.6 cm³/mol. The molecule has 0 aliphatic carbocycles. The highest BCUT2D eigenvalue weighted by molar-refractivity contribution is 5.31. The van der Waals surface area contributed by atoms with Gasteiger partial charge in [-0.2, -0.15) is 4.98 Å². The van der Waals surface area contributed by atoms with Crippen LogP contribution in [0.2, 0.25) is 0 Å². The number of nitrogens with zero attached hydrogens (tertiary/aromatic N) is 2. The lowest BCUT2D eigenvalue weighted by Crippen LogP contribution is -2.18. The van der Waals surface area contributed by atoms with E-state index < -0.39 is 0 Å². The van der Waals surface area contributed by atoms with Crippen molar-refractivity contribution >= 4 is 0 Å². The number of ether oxygens (including phenoxy) is 2.